The topological polar surface area (TPSA) is 85.6 Å². The molecule has 2 aromatic heterocycles. The van der Waals surface area contributed by atoms with Crippen LogP contribution in [0, 0.1) is 13.8 Å². The zero-order chi connectivity index (χ0) is 16.6. The monoisotopic (exact) mass is 352 g/mol. The average Bonchev–Trinajstić information content (AvgIpc) is 2.95. The number of nitrogens with zero attached hydrogens (tertiary/aromatic N) is 3. The van der Waals surface area contributed by atoms with Crippen LogP contribution in [0.2, 0.25) is 0 Å². The highest BCUT2D eigenvalue weighted by atomic mass is 32.2. The third kappa shape index (κ3) is 3.02. The molecule has 0 bridgehead atoms. The highest BCUT2D eigenvalue weighted by Gasteiger charge is 2.25. The first-order chi connectivity index (χ1) is 10.9. The van der Waals surface area contributed by atoms with Gasteiger partial charge in [0.1, 0.15) is 10.8 Å². The van der Waals surface area contributed by atoms with Gasteiger partial charge in [0.2, 0.25) is 9.99 Å². The standard InChI is InChI=1S/C14H16N4O3S2/c1-4-21-12-7-5-11(6-8-12)17-23(19,20)13-9(2)15-14-18(13)16-10(3)22-14/h5-8,17H,4H2,1-3H3. The number of hydrogen-bond acceptors (Lipinski definition) is 6. The smallest absolute Gasteiger partial charge is 0.281 e. The average molecular weight is 352 g/mol. The first-order valence-electron chi connectivity index (χ1n) is 6.99. The molecule has 0 aliphatic heterocycles. The molecule has 7 nitrogen and oxygen atoms in total. The SMILES string of the molecule is CCOc1ccc(NS(=O)(=O)c2c(C)nc3sc(C)nn23)cc1. The van der Waals surface area contributed by atoms with Gasteiger partial charge in [0.15, 0.2) is 0 Å². The van der Waals surface area contributed by atoms with Crippen molar-refractivity contribution in [1.29, 1.82) is 0 Å². The van der Waals surface area contributed by atoms with Crippen molar-refractivity contribution in [3.63, 3.8) is 0 Å². The van der Waals surface area contributed by atoms with E-state index >= 15 is 0 Å². The Morgan fingerprint density at radius 2 is 1.96 bits per heavy atom. The van der Waals surface area contributed by atoms with Gasteiger partial charge in [-0.15, -0.1) is 0 Å². The van der Waals surface area contributed by atoms with Gasteiger partial charge >= 0.3 is 0 Å². The third-order valence-electron chi connectivity index (χ3n) is 3.10. The van der Waals surface area contributed by atoms with Crippen molar-refractivity contribution in [2.24, 2.45) is 0 Å². The van der Waals surface area contributed by atoms with Crippen molar-refractivity contribution < 1.29 is 13.2 Å². The number of aryl methyl sites for hydroxylation is 2. The molecule has 122 valence electrons. The maximum absolute atomic E-state index is 12.7. The summed E-state index contributed by atoms with van der Waals surface area (Å²) in [5, 5.41) is 5.03. The van der Waals surface area contributed by atoms with E-state index < -0.39 is 10.0 Å². The lowest BCUT2D eigenvalue weighted by Crippen LogP contribution is -2.16. The predicted octanol–water partition coefficient (Wildman–Crippen LogP) is 2.61. The minimum Gasteiger partial charge on any atom is -0.494 e. The number of hydrogen-bond donors (Lipinski definition) is 1. The van der Waals surface area contributed by atoms with E-state index in [1.165, 1.54) is 15.9 Å². The number of ether oxygens (including phenoxy) is 1. The summed E-state index contributed by atoms with van der Waals surface area (Å²) in [6.45, 7) is 5.91. The Balaban J connectivity index is 1.95. The van der Waals surface area contributed by atoms with Crippen molar-refractivity contribution in [2.45, 2.75) is 25.8 Å². The van der Waals surface area contributed by atoms with Gasteiger partial charge in [-0.2, -0.15) is 18.0 Å². The van der Waals surface area contributed by atoms with E-state index in [9.17, 15) is 8.42 Å². The van der Waals surface area contributed by atoms with Gasteiger partial charge < -0.3 is 4.74 Å². The van der Waals surface area contributed by atoms with Crippen molar-refractivity contribution in [2.75, 3.05) is 11.3 Å². The first-order valence-corrected chi connectivity index (χ1v) is 9.29. The summed E-state index contributed by atoms with van der Waals surface area (Å²) in [5.41, 5.74) is 0.872. The highest BCUT2D eigenvalue weighted by molar-refractivity contribution is 7.92. The molecule has 0 amide bonds. The molecule has 0 saturated carbocycles. The van der Waals surface area contributed by atoms with Crippen LogP contribution in [0.5, 0.6) is 5.75 Å². The zero-order valence-corrected chi connectivity index (χ0v) is 14.5. The van der Waals surface area contributed by atoms with Crippen LogP contribution in [0.4, 0.5) is 5.69 Å². The number of rotatable bonds is 5. The lowest BCUT2D eigenvalue weighted by Gasteiger charge is -2.09. The fourth-order valence-corrected chi connectivity index (χ4v) is 4.40. The van der Waals surface area contributed by atoms with Gasteiger partial charge in [-0.1, -0.05) is 11.3 Å². The normalized spacial score (nSPS) is 11.8. The number of benzene rings is 1. The quantitative estimate of drug-likeness (QED) is 0.763. The van der Waals surface area contributed by atoms with Gasteiger partial charge in [-0.25, -0.2) is 4.98 Å². The van der Waals surface area contributed by atoms with E-state index in [0.29, 0.717) is 28.7 Å². The van der Waals surface area contributed by atoms with E-state index in [-0.39, 0.29) is 5.03 Å². The lowest BCUT2D eigenvalue weighted by atomic mass is 10.3. The number of anilines is 1. The second-order valence-corrected chi connectivity index (χ2v) is 7.64. The zero-order valence-electron chi connectivity index (χ0n) is 12.9. The fraction of sp³-hybridized carbons (Fsp3) is 0.286. The van der Waals surface area contributed by atoms with Crippen LogP contribution in [-0.2, 0) is 10.0 Å². The molecule has 3 aromatic rings. The number of imidazole rings is 1. The van der Waals surface area contributed by atoms with E-state index in [1.807, 2.05) is 13.8 Å². The fourth-order valence-electron chi connectivity index (χ4n) is 2.22. The van der Waals surface area contributed by atoms with Crippen LogP contribution in [0.1, 0.15) is 17.6 Å². The van der Waals surface area contributed by atoms with E-state index in [0.717, 1.165) is 5.01 Å². The number of sulfonamides is 1. The second kappa shape index (κ2) is 5.82. The number of nitrogens with one attached hydrogen (secondary N) is 1. The molecule has 9 heteroatoms. The van der Waals surface area contributed by atoms with Gasteiger partial charge in [-0.05, 0) is 45.0 Å². The molecule has 3 rings (SSSR count). The molecule has 0 aliphatic carbocycles. The lowest BCUT2D eigenvalue weighted by molar-refractivity contribution is 0.340. The molecule has 0 saturated heterocycles. The Hall–Kier alpha value is -2.13. The summed E-state index contributed by atoms with van der Waals surface area (Å²) in [6, 6.07) is 6.74. The molecule has 23 heavy (non-hydrogen) atoms. The Labute approximate surface area is 138 Å². The maximum atomic E-state index is 12.7. The Kier molecular flexibility index (Phi) is 3.99. The van der Waals surface area contributed by atoms with Gasteiger partial charge in [-0.3, -0.25) is 4.72 Å². The summed E-state index contributed by atoms with van der Waals surface area (Å²) >= 11 is 1.35. The summed E-state index contributed by atoms with van der Waals surface area (Å²) in [7, 11) is -3.79. The van der Waals surface area contributed by atoms with Crippen LogP contribution in [0.15, 0.2) is 29.3 Å². The molecular formula is C14H16N4O3S2. The highest BCUT2D eigenvalue weighted by Crippen LogP contribution is 2.24. The molecule has 2 heterocycles. The Morgan fingerprint density at radius 3 is 2.61 bits per heavy atom. The van der Waals surface area contributed by atoms with E-state index in [2.05, 4.69) is 14.8 Å². The molecular weight excluding hydrogens is 336 g/mol. The van der Waals surface area contributed by atoms with E-state index in [1.54, 1.807) is 31.2 Å². The third-order valence-corrected chi connectivity index (χ3v) is 5.40. The minimum absolute atomic E-state index is 0.0609. The molecule has 0 fully saturated rings. The van der Waals surface area contributed by atoms with Crippen LogP contribution < -0.4 is 9.46 Å². The largest absolute Gasteiger partial charge is 0.494 e. The van der Waals surface area contributed by atoms with Gasteiger partial charge in [0.25, 0.3) is 10.0 Å². The van der Waals surface area contributed by atoms with Gasteiger partial charge in [0.05, 0.1) is 12.3 Å². The van der Waals surface area contributed by atoms with Crippen molar-refractivity contribution >= 4 is 32.0 Å². The van der Waals surface area contributed by atoms with Crippen LogP contribution in [0.3, 0.4) is 0 Å². The molecule has 0 aliphatic rings. The minimum atomic E-state index is -3.79. The molecule has 0 atom stereocenters. The molecule has 0 radical (unpaired) electrons. The second-order valence-electron chi connectivity index (χ2n) is 4.88. The molecule has 0 unspecified atom stereocenters. The molecule has 1 N–H and O–H groups in total. The Bertz CT molecular complexity index is 942. The van der Waals surface area contributed by atoms with Crippen molar-refractivity contribution in [3.8, 4) is 5.75 Å². The van der Waals surface area contributed by atoms with Crippen LogP contribution >= 0.6 is 11.3 Å². The van der Waals surface area contributed by atoms with Gasteiger partial charge in [0, 0.05) is 5.69 Å². The summed E-state index contributed by atoms with van der Waals surface area (Å²) in [6.07, 6.45) is 0. The maximum Gasteiger partial charge on any atom is 0.281 e. The Morgan fingerprint density at radius 1 is 1.26 bits per heavy atom. The predicted molar refractivity (Wildman–Crippen MR) is 88.8 cm³/mol. The van der Waals surface area contributed by atoms with Crippen molar-refractivity contribution in [3.05, 3.63) is 35.0 Å². The molecule has 0 spiro atoms. The van der Waals surface area contributed by atoms with E-state index in [4.69, 9.17) is 4.74 Å². The van der Waals surface area contributed by atoms with Crippen LogP contribution in [0.25, 0.3) is 4.96 Å². The summed E-state index contributed by atoms with van der Waals surface area (Å²) in [5.74, 6) is 0.688. The first kappa shape index (κ1) is 15.8. The van der Waals surface area contributed by atoms with Crippen LogP contribution in [-0.4, -0.2) is 29.6 Å². The molecule has 1 aromatic carbocycles. The summed E-state index contributed by atoms with van der Waals surface area (Å²) < 4.78 is 34.6. The number of aromatic nitrogens is 3. The van der Waals surface area contributed by atoms with Crippen molar-refractivity contribution in [1.82, 2.24) is 14.6 Å². The summed E-state index contributed by atoms with van der Waals surface area (Å²) in [4.78, 5) is 4.82. The number of fused-ring (bicyclic) bond motifs is 1.